The van der Waals surface area contributed by atoms with Gasteiger partial charge in [0.05, 0.1) is 17.2 Å². The lowest BCUT2D eigenvalue weighted by atomic mass is 9.84. The highest BCUT2D eigenvalue weighted by atomic mass is 32.1. The lowest BCUT2D eigenvalue weighted by molar-refractivity contribution is 0.0702. The Morgan fingerprint density at radius 1 is 1.19 bits per heavy atom. The van der Waals surface area contributed by atoms with Gasteiger partial charge in [0.25, 0.3) is 0 Å². The molecule has 6 nitrogen and oxygen atoms in total. The van der Waals surface area contributed by atoms with Crippen molar-refractivity contribution in [2.24, 2.45) is 17.3 Å². The molecule has 3 aliphatic rings. The van der Waals surface area contributed by atoms with Crippen LogP contribution in [-0.2, 0) is 13.8 Å². The zero-order chi connectivity index (χ0) is 26.5. The normalized spacial score (nSPS) is 29.8. The molecule has 1 aliphatic carbocycles. The summed E-state index contributed by atoms with van der Waals surface area (Å²) in [5, 5.41) is 9.75. The Labute approximate surface area is 221 Å². The van der Waals surface area contributed by atoms with Crippen LogP contribution in [0.1, 0.15) is 94.1 Å². The molecule has 1 aromatic rings. The maximum Gasteiger partial charge on any atom is 0.348 e. The van der Waals surface area contributed by atoms with E-state index in [0.717, 1.165) is 23.1 Å². The minimum absolute atomic E-state index is 0.0883. The lowest BCUT2D eigenvalue weighted by Gasteiger charge is -2.36. The van der Waals surface area contributed by atoms with E-state index >= 15 is 0 Å². The van der Waals surface area contributed by atoms with Gasteiger partial charge in [0.15, 0.2) is 6.23 Å². The van der Waals surface area contributed by atoms with Gasteiger partial charge in [-0.25, -0.2) is 4.79 Å². The first-order valence-electron chi connectivity index (χ1n) is 13.4. The number of carbonyl (C=O) groups is 1. The first kappa shape index (κ1) is 29.2. The van der Waals surface area contributed by atoms with E-state index in [-0.39, 0.29) is 22.6 Å². The Bertz CT molecular complexity index is 975. The van der Waals surface area contributed by atoms with Gasteiger partial charge >= 0.3 is 5.97 Å². The van der Waals surface area contributed by atoms with Crippen molar-refractivity contribution in [1.29, 1.82) is 0 Å². The summed E-state index contributed by atoms with van der Waals surface area (Å²) in [5.41, 5.74) is 0.551. The number of ether oxygens (including phenoxy) is 1. The topological polar surface area (TPSA) is 79.4 Å². The van der Waals surface area contributed by atoms with E-state index in [2.05, 4.69) is 51.4 Å². The Morgan fingerprint density at radius 3 is 2.19 bits per heavy atom. The number of nitrogens with zero attached hydrogens (tertiary/aromatic N) is 1. The molecular formula is C28H44NO5PS. The number of hydrogen-bond acceptors (Lipinski definition) is 6. The van der Waals surface area contributed by atoms with Crippen molar-refractivity contribution >= 4 is 30.4 Å². The van der Waals surface area contributed by atoms with Crippen molar-refractivity contribution in [2.75, 3.05) is 30.9 Å². The summed E-state index contributed by atoms with van der Waals surface area (Å²) in [6.07, 6.45) is 9.12. The highest BCUT2D eigenvalue weighted by Gasteiger charge is 2.41. The maximum atomic E-state index is 12.5. The van der Waals surface area contributed by atoms with Gasteiger partial charge in [0, 0.05) is 30.9 Å². The van der Waals surface area contributed by atoms with E-state index in [1.165, 1.54) is 44.1 Å². The van der Waals surface area contributed by atoms with Gasteiger partial charge < -0.3 is 19.3 Å². The summed E-state index contributed by atoms with van der Waals surface area (Å²) in [7, 11) is -1.03. The first-order chi connectivity index (χ1) is 17.0. The molecule has 202 valence electrons. The van der Waals surface area contributed by atoms with Gasteiger partial charge in [-0.1, -0.05) is 58.3 Å². The Kier molecular flexibility index (Phi) is 10.1. The average Bonchev–Trinajstić information content (AvgIpc) is 3.60. The zero-order valence-corrected chi connectivity index (χ0v) is 24.6. The van der Waals surface area contributed by atoms with Crippen molar-refractivity contribution in [3.8, 4) is 11.8 Å². The van der Waals surface area contributed by atoms with Gasteiger partial charge in [-0.3, -0.25) is 4.57 Å². The monoisotopic (exact) mass is 537 g/mol. The predicted molar refractivity (Wildman–Crippen MR) is 149 cm³/mol. The summed E-state index contributed by atoms with van der Waals surface area (Å²) in [6.45, 7) is 11.6. The van der Waals surface area contributed by atoms with Crippen molar-refractivity contribution in [1.82, 2.24) is 0 Å². The van der Waals surface area contributed by atoms with Crippen LogP contribution in [0.3, 0.4) is 0 Å². The highest BCUT2D eigenvalue weighted by molar-refractivity contribution is 7.59. The number of hydrogen-bond donors (Lipinski definition) is 1. The predicted octanol–water partition coefficient (Wildman–Crippen LogP) is 7.32. The van der Waals surface area contributed by atoms with E-state index in [4.69, 9.17) is 9.26 Å². The molecule has 0 aromatic carbocycles. The smallest absolute Gasteiger partial charge is 0.348 e. The van der Waals surface area contributed by atoms with E-state index < -0.39 is 13.3 Å². The quantitative estimate of drug-likeness (QED) is 0.233. The number of carboxylic acid groups (broad SMARTS) is 1. The summed E-state index contributed by atoms with van der Waals surface area (Å²) < 4.78 is 23.3. The van der Waals surface area contributed by atoms with Crippen LogP contribution >= 0.6 is 18.7 Å². The first-order valence-corrected chi connectivity index (χ1v) is 16.2. The molecule has 1 aromatic heterocycles. The van der Waals surface area contributed by atoms with Crippen LogP contribution in [0.15, 0.2) is 6.07 Å². The zero-order valence-electron chi connectivity index (χ0n) is 22.8. The molecule has 0 radical (unpaired) electrons. The third-order valence-electron chi connectivity index (χ3n) is 7.86. The third kappa shape index (κ3) is 8.09. The molecule has 4 rings (SSSR count). The minimum atomic E-state index is -2.53. The second-order valence-corrected chi connectivity index (χ2v) is 15.3. The van der Waals surface area contributed by atoms with Gasteiger partial charge in [-0.2, -0.15) is 0 Å². The van der Waals surface area contributed by atoms with E-state index in [0.29, 0.717) is 37.5 Å². The number of thiophene rings is 1. The van der Waals surface area contributed by atoms with Crippen LogP contribution in [-0.4, -0.2) is 49.4 Å². The van der Waals surface area contributed by atoms with Gasteiger partial charge in [0.1, 0.15) is 4.88 Å². The molecule has 0 spiro atoms. The average molecular weight is 538 g/mol. The van der Waals surface area contributed by atoms with Gasteiger partial charge in [-0.05, 0) is 51.0 Å². The van der Waals surface area contributed by atoms with E-state index in [9.17, 15) is 14.5 Å². The van der Waals surface area contributed by atoms with Gasteiger partial charge in [-0.15, -0.1) is 11.3 Å². The number of carboxylic acids is 1. The molecule has 1 saturated carbocycles. The molecule has 0 amide bonds. The number of rotatable bonds is 6. The fraction of sp³-hybridized carbons (Fsp3) is 0.750. The molecule has 2 aliphatic heterocycles. The van der Waals surface area contributed by atoms with Crippen molar-refractivity contribution < 1.29 is 23.7 Å². The van der Waals surface area contributed by atoms with Crippen molar-refractivity contribution in [3.63, 3.8) is 0 Å². The lowest BCUT2D eigenvalue weighted by Crippen LogP contribution is -2.41. The van der Waals surface area contributed by atoms with Gasteiger partial charge in [0.2, 0.25) is 7.37 Å². The Hall–Kier alpha value is -1.32. The maximum absolute atomic E-state index is 12.5. The molecule has 36 heavy (non-hydrogen) atoms. The molecule has 1 N–H and O–H groups in total. The van der Waals surface area contributed by atoms with Crippen LogP contribution in [0, 0.1) is 29.1 Å². The van der Waals surface area contributed by atoms with Crippen LogP contribution in [0.5, 0.6) is 0 Å². The molecule has 8 heteroatoms. The summed E-state index contributed by atoms with van der Waals surface area (Å²) >= 11 is 1.21. The summed E-state index contributed by atoms with van der Waals surface area (Å²) in [6, 6.07) is 1.96. The van der Waals surface area contributed by atoms with Crippen molar-refractivity contribution in [2.45, 2.75) is 91.8 Å². The summed E-state index contributed by atoms with van der Waals surface area (Å²) in [4.78, 5) is 15.0. The fourth-order valence-corrected chi connectivity index (χ4v) is 7.55. The Balaban J connectivity index is 0.000000383. The SMILES string of the molecule is CC1CCC(C)CC1.CCC(C)(C)C#Cc1cc(N(C2CCP(=O)(OC)CC2)[C@@H]2CO2)c(C(=O)O)s1. The standard InChI is InChI=1S/C20H28NO5PS.C8H16/c1-5-20(2,3)9-6-15-12-16(18(28-15)19(22)23)21(17-13-26-17)14-7-10-27(24,25-4)11-8-14;1-7-3-5-8(2)6-4-7/h12,14,17H,5,7-8,10-11,13H2,1-4H3,(H,22,23);7-8H,3-6H2,1-2H3/t14?,17-,27?;/m0./s1. The molecular weight excluding hydrogens is 493 g/mol. The largest absolute Gasteiger partial charge is 0.477 e. The highest BCUT2D eigenvalue weighted by Crippen LogP contribution is 2.52. The Morgan fingerprint density at radius 2 is 1.75 bits per heavy atom. The van der Waals surface area contributed by atoms with Crippen LogP contribution in [0.25, 0.3) is 0 Å². The molecule has 3 fully saturated rings. The molecule has 0 unspecified atom stereocenters. The summed E-state index contributed by atoms with van der Waals surface area (Å²) in [5.74, 6) is 7.50. The molecule has 3 heterocycles. The molecule has 0 bridgehead atoms. The number of epoxide rings is 1. The molecule has 1 atom stereocenters. The van der Waals surface area contributed by atoms with Crippen molar-refractivity contribution in [3.05, 3.63) is 15.8 Å². The van der Waals surface area contributed by atoms with Crippen LogP contribution < -0.4 is 4.90 Å². The fourth-order valence-electron chi connectivity index (χ4n) is 4.73. The van der Waals surface area contributed by atoms with E-state index in [1.807, 2.05) is 6.07 Å². The number of anilines is 1. The minimum Gasteiger partial charge on any atom is -0.477 e. The third-order valence-corrected chi connectivity index (χ3v) is 11.4. The number of aromatic carboxylic acids is 1. The molecule has 2 saturated heterocycles. The van der Waals surface area contributed by atoms with Crippen LogP contribution in [0.4, 0.5) is 5.69 Å². The van der Waals surface area contributed by atoms with Crippen LogP contribution in [0.2, 0.25) is 0 Å². The second kappa shape index (κ2) is 12.5. The second-order valence-electron chi connectivity index (χ2n) is 11.4. The van der Waals surface area contributed by atoms with E-state index in [1.54, 1.807) is 0 Å².